The van der Waals surface area contributed by atoms with Gasteiger partial charge in [-0.1, -0.05) is 11.6 Å². The number of nitrogens with one attached hydrogen (secondary N) is 1. The molecule has 0 aliphatic carbocycles. The van der Waals surface area contributed by atoms with Crippen molar-refractivity contribution in [1.29, 1.82) is 0 Å². The summed E-state index contributed by atoms with van der Waals surface area (Å²) >= 11 is 5.94. The van der Waals surface area contributed by atoms with E-state index in [0.717, 1.165) is 0 Å². The van der Waals surface area contributed by atoms with Crippen LogP contribution in [0.25, 0.3) is 0 Å². The van der Waals surface area contributed by atoms with Gasteiger partial charge in [0.25, 0.3) is 0 Å². The second kappa shape index (κ2) is 9.55. The lowest BCUT2D eigenvalue weighted by Gasteiger charge is -2.39. The summed E-state index contributed by atoms with van der Waals surface area (Å²) in [5, 5.41) is 3.45. The number of sulfone groups is 1. The minimum atomic E-state index is -3.17. The van der Waals surface area contributed by atoms with Gasteiger partial charge in [-0.2, -0.15) is 8.78 Å². The Hall–Kier alpha value is -0.880. The van der Waals surface area contributed by atoms with Crippen molar-refractivity contribution in [3.63, 3.8) is 0 Å². The van der Waals surface area contributed by atoms with Gasteiger partial charge in [0, 0.05) is 37.3 Å². The number of alkyl halides is 2. The predicted molar refractivity (Wildman–Crippen MR) is 113 cm³/mol. The van der Waals surface area contributed by atoms with Crippen LogP contribution in [0.15, 0.2) is 23.2 Å². The van der Waals surface area contributed by atoms with Crippen molar-refractivity contribution in [2.45, 2.75) is 31.8 Å². The zero-order chi connectivity index (χ0) is 19.5. The fourth-order valence-electron chi connectivity index (χ4n) is 2.73. The first kappa shape index (κ1) is 24.2. The molecule has 0 saturated carbocycles. The number of hydrogen-bond acceptors (Lipinski definition) is 4. The van der Waals surface area contributed by atoms with Crippen molar-refractivity contribution < 1.29 is 21.9 Å². The van der Waals surface area contributed by atoms with Crippen LogP contribution in [-0.4, -0.2) is 56.5 Å². The van der Waals surface area contributed by atoms with Crippen LogP contribution in [-0.2, 0) is 16.4 Å². The number of guanidine groups is 1. The van der Waals surface area contributed by atoms with Crippen LogP contribution in [0.2, 0.25) is 5.02 Å². The smallest absolute Gasteiger partial charge is 0.387 e. The first-order valence-corrected chi connectivity index (χ1v) is 10.00. The van der Waals surface area contributed by atoms with Crippen LogP contribution < -0.4 is 10.1 Å². The van der Waals surface area contributed by atoms with Crippen LogP contribution >= 0.6 is 35.6 Å². The molecule has 1 saturated heterocycles. The molecule has 154 valence electrons. The number of rotatable bonds is 4. The summed E-state index contributed by atoms with van der Waals surface area (Å²) in [4.78, 5) is 6.00. The Labute approximate surface area is 180 Å². The summed E-state index contributed by atoms with van der Waals surface area (Å²) in [6.45, 7) is 1.15. The lowest BCUT2D eigenvalue weighted by molar-refractivity contribution is -0.0504. The van der Waals surface area contributed by atoms with Crippen LogP contribution in [0, 0.1) is 0 Å². The summed E-state index contributed by atoms with van der Waals surface area (Å²) in [5.41, 5.74) is 0.447. The van der Waals surface area contributed by atoms with Crippen molar-refractivity contribution in [3.05, 3.63) is 28.8 Å². The normalized spacial score (nSPS) is 18.8. The molecule has 1 heterocycles. The number of benzene rings is 1. The molecular weight excluding hydrogens is 515 g/mol. The molecule has 11 heteroatoms. The molecular formula is C16H23ClF2IN3O3S. The minimum absolute atomic E-state index is 0. The van der Waals surface area contributed by atoms with Gasteiger partial charge in [0.2, 0.25) is 0 Å². The van der Waals surface area contributed by atoms with Crippen LogP contribution in [0.4, 0.5) is 8.78 Å². The van der Waals surface area contributed by atoms with Crippen molar-refractivity contribution in [2.75, 3.05) is 25.9 Å². The lowest BCUT2D eigenvalue weighted by atomic mass is 10.2. The molecule has 0 unspecified atom stereocenters. The van der Waals surface area contributed by atoms with E-state index in [9.17, 15) is 17.2 Å². The number of aliphatic imine (C=N–C) groups is 1. The Morgan fingerprint density at radius 2 is 2.11 bits per heavy atom. The maximum Gasteiger partial charge on any atom is 0.387 e. The highest BCUT2D eigenvalue weighted by Crippen LogP contribution is 2.26. The average Bonchev–Trinajstić information content (AvgIpc) is 2.53. The van der Waals surface area contributed by atoms with E-state index in [1.54, 1.807) is 20.9 Å². The van der Waals surface area contributed by atoms with E-state index in [0.29, 0.717) is 23.1 Å². The molecule has 2 rings (SSSR count). The van der Waals surface area contributed by atoms with Gasteiger partial charge in [-0.05, 0) is 32.0 Å². The third-order valence-electron chi connectivity index (χ3n) is 4.23. The Kier molecular flexibility index (Phi) is 8.54. The van der Waals surface area contributed by atoms with E-state index in [2.05, 4.69) is 15.0 Å². The Balaban J connectivity index is 0.00000364. The molecule has 1 aromatic carbocycles. The molecule has 0 aromatic heterocycles. The SMILES string of the molecule is CN=C(NCc1cc(Cl)ccc1OC(F)F)N1CCS(=O)(=O)C(C)(C)C1.I. The van der Waals surface area contributed by atoms with E-state index >= 15 is 0 Å². The monoisotopic (exact) mass is 537 g/mol. The first-order valence-electron chi connectivity index (χ1n) is 7.97. The van der Waals surface area contributed by atoms with Crippen LogP contribution in [0.5, 0.6) is 5.75 Å². The van der Waals surface area contributed by atoms with E-state index < -0.39 is 21.2 Å². The van der Waals surface area contributed by atoms with Gasteiger partial charge >= 0.3 is 6.61 Å². The molecule has 0 bridgehead atoms. The molecule has 0 radical (unpaired) electrons. The lowest BCUT2D eigenvalue weighted by Crippen LogP contribution is -2.57. The summed E-state index contributed by atoms with van der Waals surface area (Å²) in [6, 6.07) is 4.38. The van der Waals surface area contributed by atoms with E-state index in [4.69, 9.17) is 11.6 Å². The number of halogens is 4. The van der Waals surface area contributed by atoms with Crippen molar-refractivity contribution in [2.24, 2.45) is 4.99 Å². The first-order chi connectivity index (χ1) is 12.1. The highest BCUT2D eigenvalue weighted by molar-refractivity contribution is 14.0. The molecule has 1 fully saturated rings. The molecule has 0 amide bonds. The third-order valence-corrected chi connectivity index (χ3v) is 7.00. The second-order valence-corrected chi connectivity index (χ2v) is 9.71. The minimum Gasteiger partial charge on any atom is -0.434 e. The molecule has 6 nitrogen and oxygen atoms in total. The van der Waals surface area contributed by atoms with Gasteiger partial charge in [0.15, 0.2) is 15.8 Å². The maximum absolute atomic E-state index is 12.6. The van der Waals surface area contributed by atoms with Gasteiger partial charge in [0.1, 0.15) is 5.75 Å². The van der Waals surface area contributed by atoms with Gasteiger partial charge in [-0.3, -0.25) is 4.99 Å². The van der Waals surface area contributed by atoms with Crippen molar-refractivity contribution >= 4 is 51.4 Å². The summed E-state index contributed by atoms with van der Waals surface area (Å²) in [5.74, 6) is 0.530. The Morgan fingerprint density at radius 3 is 2.67 bits per heavy atom. The Bertz CT molecular complexity index is 791. The fraction of sp³-hybridized carbons (Fsp3) is 0.562. The molecule has 1 aliphatic heterocycles. The van der Waals surface area contributed by atoms with Gasteiger partial charge in [-0.15, -0.1) is 24.0 Å². The molecule has 27 heavy (non-hydrogen) atoms. The molecule has 1 aromatic rings. The summed E-state index contributed by atoms with van der Waals surface area (Å²) in [7, 11) is -1.60. The molecule has 0 spiro atoms. The topological polar surface area (TPSA) is 71.0 Å². The number of ether oxygens (including phenoxy) is 1. The highest BCUT2D eigenvalue weighted by atomic mass is 127. The van der Waals surface area contributed by atoms with E-state index in [-0.39, 0.29) is 48.6 Å². The van der Waals surface area contributed by atoms with Crippen LogP contribution in [0.1, 0.15) is 19.4 Å². The van der Waals surface area contributed by atoms with Gasteiger partial charge in [-0.25, -0.2) is 8.42 Å². The average molecular weight is 538 g/mol. The van der Waals surface area contributed by atoms with Gasteiger partial charge in [0.05, 0.1) is 10.5 Å². The highest BCUT2D eigenvalue weighted by Gasteiger charge is 2.40. The summed E-state index contributed by atoms with van der Waals surface area (Å²) in [6.07, 6.45) is 0. The van der Waals surface area contributed by atoms with E-state index in [1.165, 1.54) is 18.2 Å². The fourth-order valence-corrected chi connectivity index (χ4v) is 4.29. The maximum atomic E-state index is 12.6. The molecule has 0 atom stereocenters. The zero-order valence-corrected chi connectivity index (χ0v) is 19.1. The molecule has 1 aliphatic rings. The predicted octanol–water partition coefficient (Wildman–Crippen LogP) is 3.14. The summed E-state index contributed by atoms with van der Waals surface area (Å²) < 4.78 is 53.0. The largest absolute Gasteiger partial charge is 0.434 e. The Morgan fingerprint density at radius 1 is 1.44 bits per heavy atom. The van der Waals surface area contributed by atoms with E-state index in [1.807, 2.05) is 4.90 Å². The zero-order valence-electron chi connectivity index (χ0n) is 15.2. The van der Waals surface area contributed by atoms with Crippen molar-refractivity contribution in [3.8, 4) is 5.75 Å². The standard InChI is InChI=1S/C16H22ClF2N3O3S.HI/c1-16(2)10-22(6-7-26(16,23)24)15(20-3)21-9-11-8-12(17)4-5-13(11)25-14(18)19;/h4-5,8,14H,6-7,9-10H2,1-3H3,(H,20,21);1H. The number of nitrogens with zero attached hydrogens (tertiary/aromatic N) is 2. The van der Waals surface area contributed by atoms with Crippen molar-refractivity contribution in [1.82, 2.24) is 10.2 Å². The third kappa shape index (κ3) is 6.05. The quantitative estimate of drug-likeness (QED) is 0.363. The van der Waals surface area contributed by atoms with Gasteiger partial charge < -0.3 is 15.0 Å². The van der Waals surface area contributed by atoms with Crippen LogP contribution in [0.3, 0.4) is 0 Å². The molecule has 1 N–H and O–H groups in total. The second-order valence-electron chi connectivity index (χ2n) is 6.53. The number of hydrogen-bond donors (Lipinski definition) is 1.